The van der Waals surface area contributed by atoms with Crippen LogP contribution in [0.1, 0.15) is 20.8 Å². The summed E-state index contributed by atoms with van der Waals surface area (Å²) in [7, 11) is 0. The van der Waals surface area contributed by atoms with Crippen LogP contribution in [0.2, 0.25) is 20.1 Å². The smallest absolute Gasteiger partial charge is 0.257 e. The minimum absolute atomic E-state index is 0.305. The first-order chi connectivity index (χ1) is 11.9. The molecule has 1 heterocycles. The van der Waals surface area contributed by atoms with E-state index in [9.17, 15) is 4.79 Å². The van der Waals surface area contributed by atoms with Crippen LogP contribution < -0.4 is 5.32 Å². The normalized spacial score (nSPS) is 10.7. The van der Waals surface area contributed by atoms with Gasteiger partial charge < -0.3 is 0 Å². The Hall–Kier alpha value is -1.30. The zero-order valence-corrected chi connectivity index (χ0v) is 16.4. The number of nitrogens with one attached hydrogen (secondary N) is 1. The topological polar surface area (TPSA) is 42.0 Å². The van der Waals surface area contributed by atoms with Gasteiger partial charge in [0.1, 0.15) is 0 Å². The number of halogens is 4. The van der Waals surface area contributed by atoms with Crippen molar-refractivity contribution in [3.05, 3.63) is 78.7 Å². The van der Waals surface area contributed by atoms with E-state index in [0.717, 1.165) is 10.4 Å². The summed E-state index contributed by atoms with van der Waals surface area (Å²) in [4.78, 5) is 17.4. The van der Waals surface area contributed by atoms with Gasteiger partial charge in [0.25, 0.3) is 5.91 Å². The molecule has 25 heavy (non-hydrogen) atoms. The lowest BCUT2D eigenvalue weighted by atomic mass is 10.1. The van der Waals surface area contributed by atoms with Gasteiger partial charge in [-0.25, -0.2) is 4.98 Å². The Kier molecular flexibility index (Phi) is 5.87. The maximum atomic E-state index is 12.3. The second-order valence-corrected chi connectivity index (χ2v) is 7.82. The van der Waals surface area contributed by atoms with Gasteiger partial charge in [0.05, 0.1) is 20.1 Å². The molecule has 0 bridgehead atoms. The van der Waals surface area contributed by atoms with Gasteiger partial charge in [0.2, 0.25) is 0 Å². The van der Waals surface area contributed by atoms with Crippen molar-refractivity contribution in [3.8, 4) is 0 Å². The summed E-state index contributed by atoms with van der Waals surface area (Å²) in [6.45, 7) is 0. The highest BCUT2D eigenvalue weighted by Crippen LogP contribution is 2.30. The van der Waals surface area contributed by atoms with Crippen molar-refractivity contribution in [1.82, 2.24) is 4.98 Å². The number of aromatic nitrogens is 1. The van der Waals surface area contributed by atoms with Crippen molar-refractivity contribution in [3.63, 3.8) is 0 Å². The monoisotopic (exact) mass is 430 g/mol. The first-order valence-electron chi connectivity index (χ1n) is 7.08. The highest BCUT2D eigenvalue weighted by atomic mass is 35.5. The van der Waals surface area contributed by atoms with Gasteiger partial charge in [-0.3, -0.25) is 10.1 Å². The van der Waals surface area contributed by atoms with Crippen molar-refractivity contribution >= 4 is 68.8 Å². The molecule has 0 fully saturated rings. The van der Waals surface area contributed by atoms with Crippen LogP contribution in [-0.2, 0) is 6.42 Å². The molecular formula is C17H10Cl4N2OS. The largest absolute Gasteiger partial charge is 0.298 e. The Morgan fingerprint density at radius 1 is 1.04 bits per heavy atom. The molecule has 1 N–H and O–H groups in total. The second-order valence-electron chi connectivity index (χ2n) is 5.10. The number of nitrogens with zero attached hydrogens (tertiary/aromatic N) is 1. The average Bonchev–Trinajstić information content (AvgIpc) is 3.01. The SMILES string of the molecule is O=C(Nc1ncc(Cc2cccc(Cl)c2Cl)s1)c1ccc(Cl)c(Cl)c1. The fourth-order valence-electron chi connectivity index (χ4n) is 2.13. The van der Waals surface area contributed by atoms with Crippen LogP contribution in [0, 0.1) is 0 Å². The van der Waals surface area contributed by atoms with E-state index in [-0.39, 0.29) is 5.91 Å². The Morgan fingerprint density at radius 3 is 2.60 bits per heavy atom. The Morgan fingerprint density at radius 2 is 1.84 bits per heavy atom. The van der Waals surface area contributed by atoms with Crippen molar-refractivity contribution in [2.75, 3.05) is 5.32 Å². The molecule has 0 spiro atoms. The van der Waals surface area contributed by atoms with E-state index in [1.165, 1.54) is 17.4 Å². The number of carbonyl (C=O) groups is 1. The predicted octanol–water partition coefficient (Wildman–Crippen LogP) is 6.60. The lowest BCUT2D eigenvalue weighted by Crippen LogP contribution is -2.11. The molecule has 3 rings (SSSR count). The van der Waals surface area contributed by atoms with E-state index >= 15 is 0 Å². The average molecular weight is 432 g/mol. The number of rotatable bonds is 4. The predicted molar refractivity (Wildman–Crippen MR) is 106 cm³/mol. The molecule has 0 saturated heterocycles. The molecule has 0 aliphatic rings. The van der Waals surface area contributed by atoms with E-state index in [0.29, 0.717) is 37.2 Å². The van der Waals surface area contributed by atoms with Gasteiger partial charge in [-0.2, -0.15) is 0 Å². The van der Waals surface area contributed by atoms with E-state index in [2.05, 4.69) is 10.3 Å². The molecule has 0 saturated carbocycles. The van der Waals surface area contributed by atoms with Gasteiger partial charge in [0, 0.05) is 23.1 Å². The standard InChI is InChI=1S/C17H10Cl4N2OS/c18-12-5-4-10(7-14(12)20)16(24)23-17-22-8-11(25-17)6-9-2-1-3-13(19)15(9)21/h1-5,7-8H,6H2,(H,22,23,24). The molecule has 128 valence electrons. The molecule has 0 aliphatic heterocycles. The van der Waals surface area contributed by atoms with Crippen molar-refractivity contribution in [2.45, 2.75) is 6.42 Å². The molecule has 0 radical (unpaired) electrons. The second kappa shape index (κ2) is 7.94. The molecule has 3 nitrogen and oxygen atoms in total. The molecule has 0 aliphatic carbocycles. The summed E-state index contributed by atoms with van der Waals surface area (Å²) < 4.78 is 0. The number of carbonyl (C=O) groups excluding carboxylic acids is 1. The summed E-state index contributed by atoms with van der Waals surface area (Å²) >= 11 is 25.4. The van der Waals surface area contributed by atoms with Crippen LogP contribution in [0.4, 0.5) is 5.13 Å². The van der Waals surface area contributed by atoms with E-state index in [4.69, 9.17) is 46.4 Å². The summed E-state index contributed by atoms with van der Waals surface area (Å²) in [5.41, 5.74) is 1.31. The fourth-order valence-corrected chi connectivity index (χ4v) is 3.64. The van der Waals surface area contributed by atoms with Crippen LogP contribution in [0.25, 0.3) is 0 Å². The lowest BCUT2D eigenvalue weighted by molar-refractivity contribution is 0.102. The molecule has 2 aromatic carbocycles. The first-order valence-corrected chi connectivity index (χ1v) is 9.41. The summed E-state index contributed by atoms with van der Waals surface area (Å²) in [5, 5.41) is 4.99. The van der Waals surface area contributed by atoms with Crippen LogP contribution in [-0.4, -0.2) is 10.9 Å². The lowest BCUT2D eigenvalue weighted by Gasteiger charge is -2.04. The third-order valence-electron chi connectivity index (χ3n) is 3.35. The summed E-state index contributed by atoms with van der Waals surface area (Å²) in [5.74, 6) is -0.305. The van der Waals surface area contributed by atoms with Crippen molar-refractivity contribution < 1.29 is 4.79 Å². The van der Waals surface area contributed by atoms with E-state index in [1.54, 1.807) is 24.4 Å². The zero-order chi connectivity index (χ0) is 18.0. The molecule has 1 amide bonds. The Balaban J connectivity index is 1.72. The highest BCUT2D eigenvalue weighted by molar-refractivity contribution is 7.15. The molecule has 8 heteroatoms. The number of hydrogen-bond acceptors (Lipinski definition) is 3. The molecular weight excluding hydrogens is 422 g/mol. The zero-order valence-electron chi connectivity index (χ0n) is 12.5. The first kappa shape index (κ1) is 18.5. The maximum absolute atomic E-state index is 12.3. The van der Waals surface area contributed by atoms with Gasteiger partial charge in [0.15, 0.2) is 5.13 Å². The van der Waals surface area contributed by atoms with Crippen LogP contribution in [0.5, 0.6) is 0 Å². The van der Waals surface area contributed by atoms with Gasteiger partial charge in [-0.1, -0.05) is 58.5 Å². The summed E-state index contributed by atoms with van der Waals surface area (Å²) in [6, 6.07) is 10.2. The number of amides is 1. The molecule has 3 aromatic rings. The Labute approximate surface area is 168 Å². The number of benzene rings is 2. The molecule has 0 unspecified atom stereocenters. The van der Waals surface area contributed by atoms with Gasteiger partial charge >= 0.3 is 0 Å². The van der Waals surface area contributed by atoms with E-state index < -0.39 is 0 Å². The quantitative estimate of drug-likeness (QED) is 0.505. The van der Waals surface area contributed by atoms with Gasteiger partial charge in [-0.15, -0.1) is 11.3 Å². The number of thiazole rings is 1. The van der Waals surface area contributed by atoms with Crippen molar-refractivity contribution in [1.29, 1.82) is 0 Å². The third kappa shape index (κ3) is 4.46. The van der Waals surface area contributed by atoms with Gasteiger partial charge in [-0.05, 0) is 29.8 Å². The van der Waals surface area contributed by atoms with Crippen LogP contribution in [0.3, 0.4) is 0 Å². The number of hydrogen-bond donors (Lipinski definition) is 1. The molecule has 1 aromatic heterocycles. The molecule has 0 atom stereocenters. The third-order valence-corrected chi connectivity index (χ3v) is 5.86. The van der Waals surface area contributed by atoms with Crippen LogP contribution in [0.15, 0.2) is 42.6 Å². The minimum Gasteiger partial charge on any atom is -0.298 e. The highest BCUT2D eigenvalue weighted by Gasteiger charge is 2.12. The van der Waals surface area contributed by atoms with Crippen molar-refractivity contribution in [2.24, 2.45) is 0 Å². The summed E-state index contributed by atoms with van der Waals surface area (Å²) in [6.07, 6.45) is 2.28. The maximum Gasteiger partial charge on any atom is 0.257 e. The van der Waals surface area contributed by atoms with Crippen LogP contribution >= 0.6 is 57.7 Å². The fraction of sp³-hybridized carbons (Fsp3) is 0.0588. The number of anilines is 1. The van der Waals surface area contributed by atoms with E-state index in [1.807, 2.05) is 12.1 Å². The Bertz CT molecular complexity index is 942. The minimum atomic E-state index is -0.305.